The highest BCUT2D eigenvalue weighted by atomic mass is 16.1. The van der Waals surface area contributed by atoms with Crippen LogP contribution in [-0.2, 0) is 0 Å². The summed E-state index contributed by atoms with van der Waals surface area (Å²) < 4.78 is 0. The van der Waals surface area contributed by atoms with E-state index >= 15 is 0 Å². The Morgan fingerprint density at radius 2 is 1.81 bits per heavy atom. The molecule has 1 heterocycles. The van der Waals surface area contributed by atoms with Crippen LogP contribution in [0.15, 0.2) is 54.6 Å². The Bertz CT molecular complexity index is 827. The van der Waals surface area contributed by atoms with Gasteiger partial charge in [-0.05, 0) is 30.7 Å². The zero-order valence-corrected chi connectivity index (χ0v) is 11.6. The molecule has 3 rings (SSSR count). The Labute approximate surface area is 122 Å². The number of hydrogen-bond donors (Lipinski definition) is 2. The van der Waals surface area contributed by atoms with Gasteiger partial charge in [0, 0.05) is 11.1 Å². The average Bonchev–Trinajstić information content (AvgIpc) is 2.48. The molecule has 3 aromatic rings. The summed E-state index contributed by atoms with van der Waals surface area (Å²) in [6, 6.07) is 17.2. The molecule has 0 aliphatic rings. The molecule has 0 aliphatic carbocycles. The molecule has 3 N–H and O–H groups in total. The standard InChI is InChI=1S/C17H15N3O/c1-11-6-2-4-8-14(11)19-17-13(16(18)21)10-12-7-3-5-9-15(12)20-17/h2-10H,1H3,(H2,18,21)(H,19,20). The van der Waals surface area contributed by atoms with E-state index in [4.69, 9.17) is 5.73 Å². The molecule has 0 bridgehead atoms. The first-order chi connectivity index (χ1) is 10.1. The Balaban J connectivity index is 2.14. The molecule has 104 valence electrons. The summed E-state index contributed by atoms with van der Waals surface area (Å²) in [5, 5.41) is 4.09. The van der Waals surface area contributed by atoms with Crippen molar-refractivity contribution >= 4 is 28.3 Å². The van der Waals surface area contributed by atoms with E-state index in [1.54, 1.807) is 6.07 Å². The first-order valence-corrected chi connectivity index (χ1v) is 6.67. The van der Waals surface area contributed by atoms with E-state index in [2.05, 4.69) is 10.3 Å². The van der Waals surface area contributed by atoms with E-state index in [0.717, 1.165) is 22.2 Å². The Hall–Kier alpha value is -2.88. The summed E-state index contributed by atoms with van der Waals surface area (Å²) in [6.07, 6.45) is 0. The number of fused-ring (bicyclic) bond motifs is 1. The lowest BCUT2D eigenvalue weighted by Gasteiger charge is -2.12. The number of primary amides is 1. The first-order valence-electron chi connectivity index (χ1n) is 6.67. The summed E-state index contributed by atoms with van der Waals surface area (Å²) in [5.74, 6) is -0.0140. The maximum atomic E-state index is 11.7. The second-order valence-corrected chi connectivity index (χ2v) is 4.88. The van der Waals surface area contributed by atoms with E-state index in [1.165, 1.54) is 0 Å². The minimum atomic E-state index is -0.496. The monoisotopic (exact) mass is 277 g/mol. The number of nitrogens with one attached hydrogen (secondary N) is 1. The smallest absolute Gasteiger partial charge is 0.252 e. The van der Waals surface area contributed by atoms with Crippen LogP contribution in [-0.4, -0.2) is 10.9 Å². The van der Waals surface area contributed by atoms with E-state index in [-0.39, 0.29) is 0 Å². The maximum Gasteiger partial charge on any atom is 0.252 e. The fourth-order valence-electron chi connectivity index (χ4n) is 2.24. The van der Waals surface area contributed by atoms with Crippen molar-refractivity contribution in [2.45, 2.75) is 6.92 Å². The van der Waals surface area contributed by atoms with Crippen LogP contribution in [0.5, 0.6) is 0 Å². The normalized spacial score (nSPS) is 10.5. The van der Waals surface area contributed by atoms with Crippen molar-refractivity contribution in [1.82, 2.24) is 4.98 Å². The van der Waals surface area contributed by atoms with Gasteiger partial charge in [-0.2, -0.15) is 0 Å². The number of nitrogens with two attached hydrogens (primary N) is 1. The molecule has 4 nitrogen and oxygen atoms in total. The Kier molecular flexibility index (Phi) is 3.28. The van der Waals surface area contributed by atoms with Crippen molar-refractivity contribution in [3.63, 3.8) is 0 Å². The second-order valence-electron chi connectivity index (χ2n) is 4.88. The number of pyridine rings is 1. The quantitative estimate of drug-likeness (QED) is 0.771. The van der Waals surface area contributed by atoms with Crippen molar-refractivity contribution in [3.05, 3.63) is 65.7 Å². The van der Waals surface area contributed by atoms with Crippen molar-refractivity contribution < 1.29 is 4.79 Å². The van der Waals surface area contributed by atoms with Gasteiger partial charge in [0.2, 0.25) is 0 Å². The van der Waals surface area contributed by atoms with Gasteiger partial charge in [0.25, 0.3) is 5.91 Å². The zero-order chi connectivity index (χ0) is 14.8. The van der Waals surface area contributed by atoms with Gasteiger partial charge in [-0.3, -0.25) is 4.79 Å². The van der Waals surface area contributed by atoms with Gasteiger partial charge in [0.15, 0.2) is 0 Å². The van der Waals surface area contributed by atoms with Crippen molar-refractivity contribution in [2.24, 2.45) is 5.73 Å². The molecule has 1 aromatic heterocycles. The van der Waals surface area contributed by atoms with Gasteiger partial charge in [0.05, 0.1) is 11.1 Å². The van der Waals surface area contributed by atoms with E-state index in [9.17, 15) is 4.79 Å². The number of aromatic nitrogens is 1. The highest BCUT2D eigenvalue weighted by molar-refractivity contribution is 6.02. The third-order valence-electron chi connectivity index (χ3n) is 3.39. The summed E-state index contributed by atoms with van der Waals surface area (Å²) in [4.78, 5) is 16.2. The maximum absolute atomic E-state index is 11.7. The average molecular weight is 277 g/mol. The van der Waals surface area contributed by atoms with Crippen LogP contribution in [0.4, 0.5) is 11.5 Å². The van der Waals surface area contributed by atoms with Gasteiger partial charge in [-0.1, -0.05) is 36.4 Å². The van der Waals surface area contributed by atoms with Crippen LogP contribution >= 0.6 is 0 Å². The number of benzene rings is 2. The lowest BCUT2D eigenvalue weighted by molar-refractivity contribution is 0.100. The van der Waals surface area contributed by atoms with Crippen LogP contribution in [0.1, 0.15) is 15.9 Å². The number of anilines is 2. The number of hydrogen-bond acceptors (Lipinski definition) is 3. The van der Waals surface area contributed by atoms with Crippen LogP contribution in [0, 0.1) is 6.92 Å². The SMILES string of the molecule is Cc1ccccc1Nc1nc2ccccc2cc1C(N)=O. The van der Waals surface area contributed by atoms with Gasteiger partial charge < -0.3 is 11.1 Å². The third-order valence-corrected chi connectivity index (χ3v) is 3.39. The van der Waals surface area contributed by atoms with Gasteiger partial charge in [-0.25, -0.2) is 4.98 Å². The molecule has 0 spiro atoms. The van der Waals surface area contributed by atoms with Crippen LogP contribution in [0.2, 0.25) is 0 Å². The third kappa shape index (κ3) is 2.56. The number of carbonyl (C=O) groups excluding carboxylic acids is 1. The number of para-hydroxylation sites is 2. The Morgan fingerprint density at radius 3 is 2.57 bits per heavy atom. The summed E-state index contributed by atoms with van der Waals surface area (Å²) in [6.45, 7) is 1.99. The number of nitrogens with zero attached hydrogens (tertiary/aromatic N) is 1. The molecule has 0 aliphatic heterocycles. The largest absolute Gasteiger partial charge is 0.365 e. The van der Waals surface area contributed by atoms with E-state index in [1.807, 2.05) is 55.5 Å². The molecule has 1 amide bonds. The summed E-state index contributed by atoms with van der Waals surface area (Å²) >= 11 is 0. The number of carbonyl (C=O) groups is 1. The van der Waals surface area contributed by atoms with Gasteiger partial charge >= 0.3 is 0 Å². The number of rotatable bonds is 3. The molecule has 2 aromatic carbocycles. The highest BCUT2D eigenvalue weighted by Crippen LogP contribution is 2.25. The van der Waals surface area contributed by atoms with Crippen molar-refractivity contribution in [3.8, 4) is 0 Å². The van der Waals surface area contributed by atoms with Crippen LogP contribution in [0.3, 0.4) is 0 Å². The molecular weight excluding hydrogens is 262 g/mol. The minimum absolute atomic E-state index is 0.386. The topological polar surface area (TPSA) is 68.0 Å². The number of aryl methyl sites for hydroxylation is 1. The van der Waals surface area contributed by atoms with E-state index in [0.29, 0.717) is 11.4 Å². The van der Waals surface area contributed by atoms with Crippen LogP contribution < -0.4 is 11.1 Å². The second kappa shape index (κ2) is 5.25. The molecule has 0 atom stereocenters. The predicted octanol–water partition coefficient (Wildman–Crippen LogP) is 3.39. The highest BCUT2D eigenvalue weighted by Gasteiger charge is 2.12. The minimum Gasteiger partial charge on any atom is -0.365 e. The predicted molar refractivity (Wildman–Crippen MR) is 84.7 cm³/mol. The number of amides is 1. The van der Waals surface area contributed by atoms with Crippen molar-refractivity contribution in [2.75, 3.05) is 5.32 Å². The molecule has 21 heavy (non-hydrogen) atoms. The fraction of sp³-hybridized carbons (Fsp3) is 0.0588. The lowest BCUT2D eigenvalue weighted by Crippen LogP contribution is -2.14. The molecule has 0 fully saturated rings. The summed E-state index contributed by atoms with van der Waals surface area (Å²) in [5.41, 5.74) is 8.66. The molecular formula is C17H15N3O. The fourth-order valence-corrected chi connectivity index (χ4v) is 2.24. The van der Waals surface area contributed by atoms with Gasteiger partial charge in [0.1, 0.15) is 5.82 Å². The molecule has 0 saturated carbocycles. The van der Waals surface area contributed by atoms with Crippen LogP contribution in [0.25, 0.3) is 10.9 Å². The molecule has 0 radical (unpaired) electrons. The molecule has 0 unspecified atom stereocenters. The Morgan fingerprint density at radius 1 is 1.10 bits per heavy atom. The molecule has 4 heteroatoms. The zero-order valence-electron chi connectivity index (χ0n) is 11.6. The molecule has 0 saturated heterocycles. The lowest BCUT2D eigenvalue weighted by atomic mass is 10.1. The van der Waals surface area contributed by atoms with Gasteiger partial charge in [-0.15, -0.1) is 0 Å². The van der Waals surface area contributed by atoms with Crippen molar-refractivity contribution in [1.29, 1.82) is 0 Å². The summed E-state index contributed by atoms with van der Waals surface area (Å²) in [7, 11) is 0. The first kappa shape index (κ1) is 13.1. The van der Waals surface area contributed by atoms with E-state index < -0.39 is 5.91 Å².